The van der Waals surface area contributed by atoms with E-state index in [4.69, 9.17) is 4.74 Å². The lowest BCUT2D eigenvalue weighted by molar-refractivity contribution is -0.307. The van der Waals surface area contributed by atoms with Gasteiger partial charge in [0, 0.05) is 19.0 Å². The summed E-state index contributed by atoms with van der Waals surface area (Å²) in [7, 11) is 0. The molecule has 0 heterocycles. The Kier molecular flexibility index (Phi) is 4.93. The van der Waals surface area contributed by atoms with Gasteiger partial charge in [0.2, 0.25) is 0 Å². The molecule has 0 aromatic carbocycles. The molecule has 1 aliphatic carbocycles. The van der Waals surface area contributed by atoms with Crippen LogP contribution in [0.15, 0.2) is 0 Å². The minimum atomic E-state index is -1.10. The molecule has 1 saturated carbocycles. The van der Waals surface area contributed by atoms with Crippen molar-refractivity contribution in [3.63, 3.8) is 0 Å². The number of Topliss-reactive ketones (excluding diaryl/α,β-unsaturated/α-hetero) is 1. The van der Waals surface area contributed by atoms with E-state index in [2.05, 4.69) is 0 Å². The molecule has 0 N–H and O–H groups in total. The van der Waals surface area contributed by atoms with Gasteiger partial charge in [-0.15, -0.1) is 0 Å². The molecule has 2 atom stereocenters. The second kappa shape index (κ2) is 5.99. The molecule has 0 bridgehead atoms. The summed E-state index contributed by atoms with van der Waals surface area (Å²) < 4.78 is 5.53. The molecule has 16 heavy (non-hydrogen) atoms. The van der Waals surface area contributed by atoms with Crippen LogP contribution < -0.4 is 5.11 Å². The number of hydrogen-bond acceptors (Lipinski definition) is 4. The van der Waals surface area contributed by atoms with Gasteiger partial charge in [-0.05, 0) is 31.1 Å². The first-order valence-corrected chi connectivity index (χ1v) is 5.85. The molecule has 0 aromatic rings. The highest BCUT2D eigenvalue weighted by Crippen LogP contribution is 2.27. The Morgan fingerprint density at radius 3 is 2.81 bits per heavy atom. The second-order valence-corrected chi connectivity index (χ2v) is 4.84. The van der Waals surface area contributed by atoms with Crippen LogP contribution in [0.5, 0.6) is 0 Å². The van der Waals surface area contributed by atoms with E-state index < -0.39 is 12.1 Å². The van der Waals surface area contributed by atoms with Crippen molar-refractivity contribution in [3.05, 3.63) is 0 Å². The summed E-state index contributed by atoms with van der Waals surface area (Å²) in [5.74, 6) is -0.917. The van der Waals surface area contributed by atoms with E-state index in [0.29, 0.717) is 18.9 Å². The van der Waals surface area contributed by atoms with E-state index in [-0.39, 0.29) is 18.1 Å². The number of hydrogen-bond donors (Lipinski definition) is 0. The minimum absolute atomic E-state index is 0.0400. The largest absolute Gasteiger partial charge is 0.550 e. The van der Waals surface area contributed by atoms with Gasteiger partial charge in [0.05, 0.1) is 0 Å². The topological polar surface area (TPSA) is 66.4 Å². The highest BCUT2D eigenvalue weighted by molar-refractivity contribution is 5.84. The van der Waals surface area contributed by atoms with Crippen molar-refractivity contribution >= 4 is 11.8 Å². The van der Waals surface area contributed by atoms with Crippen LogP contribution >= 0.6 is 0 Å². The van der Waals surface area contributed by atoms with Gasteiger partial charge in [-0.25, -0.2) is 0 Å². The van der Waals surface area contributed by atoms with E-state index in [1.807, 2.05) is 13.8 Å². The van der Waals surface area contributed by atoms with Crippen molar-refractivity contribution in [1.29, 1.82) is 0 Å². The van der Waals surface area contributed by atoms with Crippen LogP contribution in [-0.2, 0) is 14.3 Å². The predicted octanol–water partition coefficient (Wildman–Crippen LogP) is 0.537. The summed E-state index contributed by atoms with van der Waals surface area (Å²) in [6, 6.07) is 0. The number of carboxylic acid groups (broad SMARTS) is 1. The third kappa shape index (κ3) is 3.93. The van der Waals surface area contributed by atoms with Crippen LogP contribution in [0.25, 0.3) is 0 Å². The van der Waals surface area contributed by atoms with E-state index >= 15 is 0 Å². The molecule has 0 aromatic heterocycles. The molecule has 1 aliphatic rings. The summed E-state index contributed by atoms with van der Waals surface area (Å²) >= 11 is 0. The van der Waals surface area contributed by atoms with Gasteiger partial charge in [-0.3, -0.25) is 4.79 Å². The van der Waals surface area contributed by atoms with Crippen molar-refractivity contribution in [2.45, 2.75) is 45.6 Å². The van der Waals surface area contributed by atoms with Crippen molar-refractivity contribution < 1.29 is 19.4 Å². The zero-order valence-corrected chi connectivity index (χ0v) is 9.90. The zero-order valence-electron chi connectivity index (χ0n) is 9.90. The summed E-state index contributed by atoms with van der Waals surface area (Å²) in [5, 5.41) is 10.6. The van der Waals surface area contributed by atoms with E-state index in [1.165, 1.54) is 0 Å². The van der Waals surface area contributed by atoms with Gasteiger partial charge in [-0.2, -0.15) is 0 Å². The third-order valence-corrected chi connectivity index (χ3v) is 2.78. The summed E-state index contributed by atoms with van der Waals surface area (Å²) in [5.41, 5.74) is 0. The Hall–Kier alpha value is -0.900. The first-order chi connectivity index (χ1) is 7.50. The number of rotatable bonds is 5. The number of aliphatic carboxylic acids is 1. The number of ketones is 1. The Morgan fingerprint density at radius 1 is 1.56 bits per heavy atom. The predicted molar refractivity (Wildman–Crippen MR) is 56.6 cm³/mol. The Labute approximate surface area is 96.0 Å². The van der Waals surface area contributed by atoms with Gasteiger partial charge >= 0.3 is 0 Å². The smallest absolute Gasteiger partial charge is 0.161 e. The van der Waals surface area contributed by atoms with Gasteiger partial charge in [0.15, 0.2) is 5.78 Å². The van der Waals surface area contributed by atoms with Gasteiger partial charge in [-0.1, -0.05) is 13.8 Å². The van der Waals surface area contributed by atoms with Crippen molar-refractivity contribution in [2.75, 3.05) is 6.61 Å². The highest BCUT2D eigenvalue weighted by atomic mass is 16.5. The lowest BCUT2D eigenvalue weighted by Gasteiger charge is -2.31. The van der Waals surface area contributed by atoms with Crippen LogP contribution in [0.2, 0.25) is 0 Å². The standard InChI is InChI=1S/C12H20O4/c1-8(2)7-16-12-9(6-11(14)15)4-3-5-10(12)13/h8-9,12H,3-7H2,1-2H3,(H,14,15)/p-1/t9-,12+/m1/s1. The molecule has 0 aliphatic heterocycles. The molecule has 92 valence electrons. The molecule has 1 rings (SSSR count). The van der Waals surface area contributed by atoms with E-state index in [1.54, 1.807) is 0 Å². The van der Waals surface area contributed by atoms with Crippen LogP contribution in [0.3, 0.4) is 0 Å². The van der Waals surface area contributed by atoms with Crippen LogP contribution in [0.4, 0.5) is 0 Å². The maximum absolute atomic E-state index is 11.7. The molecule has 0 saturated heterocycles. The highest BCUT2D eigenvalue weighted by Gasteiger charge is 2.32. The van der Waals surface area contributed by atoms with Gasteiger partial charge in [0.1, 0.15) is 6.10 Å². The van der Waals surface area contributed by atoms with Crippen molar-refractivity contribution in [2.24, 2.45) is 11.8 Å². The molecular weight excluding hydrogens is 208 g/mol. The molecule has 0 spiro atoms. The monoisotopic (exact) mass is 227 g/mol. The summed E-state index contributed by atoms with van der Waals surface area (Å²) in [4.78, 5) is 22.2. The van der Waals surface area contributed by atoms with E-state index in [0.717, 1.165) is 12.8 Å². The molecule has 0 radical (unpaired) electrons. The molecule has 1 fully saturated rings. The van der Waals surface area contributed by atoms with E-state index in [9.17, 15) is 14.7 Å². The number of carbonyl (C=O) groups excluding carboxylic acids is 2. The average molecular weight is 227 g/mol. The lowest BCUT2D eigenvalue weighted by Crippen LogP contribution is -2.40. The lowest BCUT2D eigenvalue weighted by atomic mass is 9.83. The third-order valence-electron chi connectivity index (χ3n) is 2.78. The average Bonchev–Trinajstić information content (AvgIpc) is 2.15. The molecule has 0 amide bonds. The maximum Gasteiger partial charge on any atom is 0.161 e. The zero-order chi connectivity index (χ0) is 12.1. The minimum Gasteiger partial charge on any atom is -0.550 e. The van der Waals surface area contributed by atoms with Gasteiger partial charge < -0.3 is 14.6 Å². The quantitative estimate of drug-likeness (QED) is 0.687. The normalized spacial score (nSPS) is 26.1. The van der Waals surface area contributed by atoms with Crippen LogP contribution in [-0.4, -0.2) is 24.5 Å². The van der Waals surface area contributed by atoms with Gasteiger partial charge in [0.25, 0.3) is 0 Å². The summed E-state index contributed by atoms with van der Waals surface area (Å²) in [6.45, 7) is 4.50. The van der Waals surface area contributed by atoms with Crippen LogP contribution in [0.1, 0.15) is 39.5 Å². The molecule has 4 nitrogen and oxygen atoms in total. The maximum atomic E-state index is 11.7. The Morgan fingerprint density at radius 2 is 2.25 bits per heavy atom. The second-order valence-electron chi connectivity index (χ2n) is 4.84. The fourth-order valence-electron chi connectivity index (χ4n) is 2.04. The SMILES string of the molecule is CC(C)CO[C@@H]1C(=O)CCC[C@@H]1CC(=O)[O-]. The first-order valence-electron chi connectivity index (χ1n) is 5.85. The summed E-state index contributed by atoms with van der Waals surface area (Å²) in [6.07, 6.45) is 1.40. The fourth-order valence-corrected chi connectivity index (χ4v) is 2.04. The Balaban J connectivity index is 2.56. The fraction of sp³-hybridized carbons (Fsp3) is 0.833. The number of ether oxygens (including phenoxy) is 1. The first kappa shape index (κ1) is 13.2. The number of carboxylic acids is 1. The number of carbonyl (C=O) groups is 2. The van der Waals surface area contributed by atoms with Crippen molar-refractivity contribution in [1.82, 2.24) is 0 Å². The molecular formula is C12H19O4-. The molecule has 4 heteroatoms. The van der Waals surface area contributed by atoms with Crippen LogP contribution in [0, 0.1) is 11.8 Å². The Bertz CT molecular complexity index is 260. The van der Waals surface area contributed by atoms with Crippen molar-refractivity contribution in [3.8, 4) is 0 Å². The molecule has 0 unspecified atom stereocenters.